The molecule has 2 N–H and O–H groups in total. The second kappa shape index (κ2) is 6.61. The van der Waals surface area contributed by atoms with E-state index in [9.17, 15) is 5.11 Å². The molecular weight excluding hydrogens is 200 g/mol. The van der Waals surface area contributed by atoms with Crippen LogP contribution in [0.25, 0.3) is 0 Å². The number of rotatable bonds is 6. The highest BCUT2D eigenvalue weighted by Crippen LogP contribution is 2.15. The van der Waals surface area contributed by atoms with Crippen molar-refractivity contribution in [3.8, 4) is 0 Å². The fraction of sp³-hybridized carbons (Fsp3) is 0.615. The Labute approximate surface area is 97.9 Å². The van der Waals surface area contributed by atoms with Crippen molar-refractivity contribution in [2.75, 3.05) is 6.61 Å². The zero-order valence-electron chi connectivity index (χ0n) is 10.4. The average molecular weight is 222 g/mol. The highest BCUT2D eigenvalue weighted by molar-refractivity contribution is 5.14. The summed E-state index contributed by atoms with van der Waals surface area (Å²) >= 11 is 0. The van der Waals surface area contributed by atoms with E-state index in [2.05, 4.69) is 31.1 Å². The van der Waals surface area contributed by atoms with Gasteiger partial charge in [-0.15, -0.1) is 0 Å². The van der Waals surface area contributed by atoms with Gasteiger partial charge in [-0.25, -0.2) is 0 Å². The molecule has 0 spiro atoms. The zero-order valence-corrected chi connectivity index (χ0v) is 10.4. The molecule has 3 nitrogen and oxygen atoms in total. The van der Waals surface area contributed by atoms with Gasteiger partial charge >= 0.3 is 0 Å². The van der Waals surface area contributed by atoms with Gasteiger partial charge in [0.2, 0.25) is 0 Å². The van der Waals surface area contributed by atoms with Crippen molar-refractivity contribution in [1.82, 2.24) is 10.3 Å². The van der Waals surface area contributed by atoms with Gasteiger partial charge in [-0.05, 0) is 30.5 Å². The van der Waals surface area contributed by atoms with Crippen LogP contribution in [0, 0.1) is 5.92 Å². The van der Waals surface area contributed by atoms with Crippen LogP contribution >= 0.6 is 0 Å². The van der Waals surface area contributed by atoms with Crippen LogP contribution in [-0.4, -0.2) is 22.7 Å². The van der Waals surface area contributed by atoms with Crippen molar-refractivity contribution in [3.05, 3.63) is 30.1 Å². The van der Waals surface area contributed by atoms with E-state index in [1.165, 1.54) is 5.56 Å². The summed E-state index contributed by atoms with van der Waals surface area (Å²) in [6.07, 6.45) is 4.66. The van der Waals surface area contributed by atoms with Crippen molar-refractivity contribution < 1.29 is 5.11 Å². The summed E-state index contributed by atoms with van der Waals surface area (Å²) in [5.41, 5.74) is 1.21. The average Bonchev–Trinajstić information content (AvgIpc) is 2.35. The van der Waals surface area contributed by atoms with E-state index in [-0.39, 0.29) is 18.7 Å². The van der Waals surface area contributed by atoms with Gasteiger partial charge in [-0.2, -0.15) is 0 Å². The van der Waals surface area contributed by atoms with Crippen molar-refractivity contribution in [2.24, 2.45) is 5.92 Å². The first-order valence-corrected chi connectivity index (χ1v) is 5.95. The number of aliphatic hydroxyl groups excluding tert-OH is 1. The van der Waals surface area contributed by atoms with E-state index < -0.39 is 0 Å². The van der Waals surface area contributed by atoms with Gasteiger partial charge in [0.05, 0.1) is 6.61 Å². The zero-order chi connectivity index (χ0) is 12.0. The van der Waals surface area contributed by atoms with Crippen LogP contribution in [0.2, 0.25) is 0 Å². The Kier molecular flexibility index (Phi) is 5.43. The highest BCUT2D eigenvalue weighted by Gasteiger charge is 2.17. The van der Waals surface area contributed by atoms with E-state index in [0.29, 0.717) is 5.92 Å². The van der Waals surface area contributed by atoms with E-state index in [0.717, 1.165) is 6.42 Å². The summed E-state index contributed by atoms with van der Waals surface area (Å²) in [7, 11) is 0. The Morgan fingerprint density at radius 2 is 1.94 bits per heavy atom. The molecule has 3 heteroatoms. The number of pyridine rings is 1. The summed E-state index contributed by atoms with van der Waals surface area (Å²) in [5.74, 6) is 0.481. The molecule has 0 saturated heterocycles. The summed E-state index contributed by atoms with van der Waals surface area (Å²) in [6, 6.07) is 4.41. The Bertz CT molecular complexity index is 289. The van der Waals surface area contributed by atoms with Crippen molar-refractivity contribution in [3.63, 3.8) is 0 Å². The van der Waals surface area contributed by atoms with Crippen LogP contribution in [0.1, 0.15) is 38.8 Å². The molecule has 3 atom stereocenters. The smallest absolute Gasteiger partial charge is 0.0587 e. The second-order valence-corrected chi connectivity index (χ2v) is 4.34. The lowest BCUT2D eigenvalue weighted by Crippen LogP contribution is -2.39. The van der Waals surface area contributed by atoms with Gasteiger partial charge in [0.1, 0.15) is 0 Å². The molecule has 0 aliphatic carbocycles. The Morgan fingerprint density at radius 3 is 2.44 bits per heavy atom. The Morgan fingerprint density at radius 1 is 1.31 bits per heavy atom. The Balaban J connectivity index is 2.59. The van der Waals surface area contributed by atoms with Gasteiger partial charge in [0.25, 0.3) is 0 Å². The van der Waals surface area contributed by atoms with Crippen molar-refractivity contribution in [1.29, 1.82) is 0 Å². The lowest BCUT2D eigenvalue weighted by Gasteiger charge is -2.26. The predicted octanol–water partition coefficient (Wildman–Crippen LogP) is 2.14. The second-order valence-electron chi connectivity index (χ2n) is 4.34. The monoisotopic (exact) mass is 222 g/mol. The lowest BCUT2D eigenvalue weighted by atomic mass is 9.98. The van der Waals surface area contributed by atoms with E-state index >= 15 is 0 Å². The van der Waals surface area contributed by atoms with Crippen LogP contribution in [0.15, 0.2) is 24.5 Å². The van der Waals surface area contributed by atoms with Gasteiger partial charge in [-0.1, -0.05) is 20.3 Å². The minimum Gasteiger partial charge on any atom is -0.395 e. The van der Waals surface area contributed by atoms with E-state index in [1.807, 2.05) is 12.1 Å². The van der Waals surface area contributed by atoms with Crippen LogP contribution in [0.5, 0.6) is 0 Å². The van der Waals surface area contributed by atoms with Gasteiger partial charge in [0.15, 0.2) is 0 Å². The number of aliphatic hydroxyl groups is 1. The van der Waals surface area contributed by atoms with Crippen molar-refractivity contribution in [2.45, 2.75) is 39.3 Å². The maximum absolute atomic E-state index is 9.35. The fourth-order valence-corrected chi connectivity index (χ4v) is 1.75. The summed E-state index contributed by atoms with van der Waals surface area (Å²) in [4.78, 5) is 4.00. The van der Waals surface area contributed by atoms with Crippen LogP contribution in [-0.2, 0) is 0 Å². The van der Waals surface area contributed by atoms with Crippen LogP contribution in [0.3, 0.4) is 0 Å². The molecule has 0 amide bonds. The minimum absolute atomic E-state index is 0.160. The van der Waals surface area contributed by atoms with Gasteiger partial charge < -0.3 is 10.4 Å². The van der Waals surface area contributed by atoms with Gasteiger partial charge in [-0.3, -0.25) is 4.98 Å². The normalized spacial score (nSPS) is 16.8. The molecule has 0 fully saturated rings. The molecule has 16 heavy (non-hydrogen) atoms. The van der Waals surface area contributed by atoms with Crippen LogP contribution in [0.4, 0.5) is 0 Å². The molecule has 0 bridgehead atoms. The molecule has 0 aliphatic heterocycles. The predicted molar refractivity (Wildman–Crippen MR) is 66.1 cm³/mol. The minimum atomic E-state index is 0.160. The number of aromatic nitrogens is 1. The largest absolute Gasteiger partial charge is 0.395 e. The summed E-state index contributed by atoms with van der Waals surface area (Å²) < 4.78 is 0. The molecule has 1 aromatic rings. The quantitative estimate of drug-likeness (QED) is 0.775. The number of hydrogen-bond donors (Lipinski definition) is 2. The maximum atomic E-state index is 9.35. The molecule has 3 unspecified atom stereocenters. The topological polar surface area (TPSA) is 45.1 Å². The maximum Gasteiger partial charge on any atom is 0.0587 e. The molecule has 1 rings (SSSR count). The number of hydrogen-bond acceptors (Lipinski definition) is 3. The molecule has 0 radical (unpaired) electrons. The lowest BCUT2D eigenvalue weighted by molar-refractivity contribution is 0.192. The third-order valence-electron chi connectivity index (χ3n) is 3.20. The van der Waals surface area contributed by atoms with E-state index in [1.54, 1.807) is 12.4 Å². The highest BCUT2D eigenvalue weighted by atomic mass is 16.3. The molecular formula is C13H22N2O. The molecule has 0 aliphatic rings. The first-order valence-electron chi connectivity index (χ1n) is 5.95. The van der Waals surface area contributed by atoms with E-state index in [4.69, 9.17) is 0 Å². The molecule has 0 saturated carbocycles. The molecule has 90 valence electrons. The third-order valence-corrected chi connectivity index (χ3v) is 3.20. The number of nitrogens with zero attached hydrogens (tertiary/aromatic N) is 1. The Hall–Kier alpha value is -0.930. The first-order chi connectivity index (χ1) is 7.69. The standard InChI is InChI=1S/C13H22N2O/c1-4-10(2)13(9-16)15-11(3)12-5-7-14-8-6-12/h5-8,10-11,13,15-16H,4,9H2,1-3H3. The molecule has 1 heterocycles. The molecule has 1 aromatic heterocycles. The summed E-state index contributed by atoms with van der Waals surface area (Å²) in [6.45, 7) is 6.60. The number of nitrogens with one attached hydrogen (secondary N) is 1. The van der Waals surface area contributed by atoms with Gasteiger partial charge in [0, 0.05) is 24.5 Å². The van der Waals surface area contributed by atoms with Crippen LogP contribution < -0.4 is 5.32 Å². The summed E-state index contributed by atoms with van der Waals surface area (Å²) in [5, 5.41) is 12.8. The third kappa shape index (κ3) is 3.58. The van der Waals surface area contributed by atoms with Crippen molar-refractivity contribution >= 4 is 0 Å². The molecule has 0 aromatic carbocycles. The SMILES string of the molecule is CCC(C)C(CO)NC(C)c1ccncc1. The fourth-order valence-electron chi connectivity index (χ4n) is 1.75. The first kappa shape index (κ1) is 13.1.